The van der Waals surface area contributed by atoms with Gasteiger partial charge in [-0.15, -0.1) is 10.2 Å². The molecule has 0 spiro atoms. The summed E-state index contributed by atoms with van der Waals surface area (Å²) in [5.41, 5.74) is 0.203. The van der Waals surface area contributed by atoms with Gasteiger partial charge in [-0.25, -0.2) is 18.4 Å². The molecule has 2 aromatic heterocycles. The molecule has 0 unspecified atom stereocenters. The van der Waals surface area contributed by atoms with Crippen LogP contribution in [-0.2, 0) is 10.0 Å². The molecular formula is C16H14N6O2S2. The highest BCUT2D eigenvalue weighted by atomic mass is 32.2. The molecule has 132 valence electrons. The molecule has 1 fully saturated rings. The maximum Gasteiger partial charge on any atom is 0.241 e. The van der Waals surface area contributed by atoms with Crippen LogP contribution >= 0.6 is 11.3 Å². The normalized spacial score (nSPS) is 15.7. The van der Waals surface area contributed by atoms with E-state index in [1.54, 1.807) is 13.0 Å². The van der Waals surface area contributed by atoms with Crippen LogP contribution in [0.2, 0.25) is 0 Å². The van der Waals surface area contributed by atoms with Gasteiger partial charge in [-0.3, -0.25) is 0 Å². The molecule has 1 saturated carbocycles. The smallest absolute Gasteiger partial charge is 0.233 e. The third-order valence-corrected chi connectivity index (χ3v) is 6.49. The van der Waals surface area contributed by atoms with Crippen LogP contribution < -0.4 is 4.72 Å². The predicted octanol–water partition coefficient (Wildman–Crippen LogP) is 2.10. The second-order valence-electron chi connectivity index (χ2n) is 6.22. The van der Waals surface area contributed by atoms with E-state index in [2.05, 4.69) is 24.9 Å². The molecular weight excluding hydrogens is 372 g/mol. The van der Waals surface area contributed by atoms with Crippen molar-refractivity contribution >= 4 is 32.3 Å². The van der Waals surface area contributed by atoms with Crippen molar-refractivity contribution in [1.82, 2.24) is 24.9 Å². The van der Waals surface area contributed by atoms with Crippen molar-refractivity contribution in [3.8, 4) is 16.8 Å². The second-order valence-corrected chi connectivity index (χ2v) is 9.09. The Hall–Kier alpha value is -2.48. The fraction of sp³-hybridized carbons (Fsp3) is 0.312. The van der Waals surface area contributed by atoms with Crippen LogP contribution in [0.5, 0.6) is 0 Å². The molecule has 2 heterocycles. The number of rotatable bonds is 4. The molecule has 0 bridgehead atoms. The van der Waals surface area contributed by atoms with E-state index < -0.39 is 15.6 Å². The Kier molecular flexibility index (Phi) is 3.76. The van der Waals surface area contributed by atoms with E-state index in [9.17, 15) is 8.42 Å². The zero-order valence-corrected chi connectivity index (χ0v) is 15.6. The number of nitriles is 1. The summed E-state index contributed by atoms with van der Waals surface area (Å²) in [5.74, 6) is 0.565. The lowest BCUT2D eigenvalue weighted by atomic mass is 10.2. The van der Waals surface area contributed by atoms with Crippen LogP contribution in [0.1, 0.15) is 23.7 Å². The van der Waals surface area contributed by atoms with E-state index in [0.29, 0.717) is 40.3 Å². The molecule has 8 nitrogen and oxygen atoms in total. The third-order valence-electron chi connectivity index (χ3n) is 4.11. The molecule has 1 aliphatic rings. The third kappa shape index (κ3) is 2.94. The minimum Gasteiger partial charge on any atom is -0.233 e. The van der Waals surface area contributed by atoms with Crippen molar-refractivity contribution in [2.45, 2.75) is 37.1 Å². The number of hydrogen-bond acceptors (Lipinski definition) is 8. The fourth-order valence-corrected chi connectivity index (χ4v) is 4.72. The van der Waals surface area contributed by atoms with Gasteiger partial charge in [0, 0.05) is 5.39 Å². The van der Waals surface area contributed by atoms with Gasteiger partial charge in [0.1, 0.15) is 22.1 Å². The lowest BCUT2D eigenvalue weighted by molar-refractivity contribution is 0.571. The van der Waals surface area contributed by atoms with Crippen molar-refractivity contribution in [3.05, 3.63) is 29.0 Å². The van der Waals surface area contributed by atoms with Crippen LogP contribution in [-0.4, -0.2) is 34.1 Å². The number of nitrogens with zero attached hydrogens (tertiary/aromatic N) is 5. The molecule has 10 heteroatoms. The van der Waals surface area contributed by atoms with Crippen LogP contribution in [0.25, 0.3) is 21.6 Å². The van der Waals surface area contributed by atoms with Crippen molar-refractivity contribution in [2.24, 2.45) is 0 Å². The van der Waals surface area contributed by atoms with Gasteiger partial charge in [0.15, 0.2) is 5.01 Å². The maximum atomic E-state index is 12.7. The number of benzene rings is 1. The molecule has 0 radical (unpaired) electrons. The lowest BCUT2D eigenvalue weighted by Crippen LogP contribution is -2.35. The molecule has 26 heavy (non-hydrogen) atoms. The topological polar surface area (TPSA) is 122 Å². The largest absolute Gasteiger partial charge is 0.241 e. The number of nitrogens with one attached hydrogen (secondary N) is 1. The van der Waals surface area contributed by atoms with Gasteiger partial charge in [-0.05, 0) is 44.9 Å². The van der Waals surface area contributed by atoms with E-state index in [1.807, 2.05) is 13.0 Å². The molecule has 0 atom stereocenters. The highest BCUT2D eigenvalue weighted by Gasteiger charge is 2.46. The number of hydrogen-bond donors (Lipinski definition) is 1. The summed E-state index contributed by atoms with van der Waals surface area (Å²) in [6, 6.07) is 6.68. The quantitative estimate of drug-likeness (QED) is 0.728. The van der Waals surface area contributed by atoms with E-state index in [1.165, 1.54) is 23.5 Å². The summed E-state index contributed by atoms with van der Waals surface area (Å²) in [6.45, 7) is 3.61. The van der Waals surface area contributed by atoms with Crippen LogP contribution in [0, 0.1) is 25.2 Å². The van der Waals surface area contributed by atoms with E-state index in [0.717, 1.165) is 5.01 Å². The Labute approximate surface area is 154 Å². The molecule has 1 aliphatic carbocycles. The van der Waals surface area contributed by atoms with E-state index in [-0.39, 0.29) is 4.90 Å². The van der Waals surface area contributed by atoms with Gasteiger partial charge < -0.3 is 0 Å². The average Bonchev–Trinajstić information content (AvgIpc) is 3.23. The second kappa shape index (κ2) is 5.77. The molecule has 0 saturated heterocycles. The van der Waals surface area contributed by atoms with Gasteiger partial charge >= 0.3 is 0 Å². The Morgan fingerprint density at radius 1 is 1.23 bits per heavy atom. The first-order valence-electron chi connectivity index (χ1n) is 7.86. The van der Waals surface area contributed by atoms with Gasteiger partial charge in [-0.2, -0.15) is 9.98 Å². The van der Waals surface area contributed by atoms with Crippen LogP contribution in [0.15, 0.2) is 23.1 Å². The number of sulfonamides is 1. The zero-order chi connectivity index (χ0) is 18.5. The standard InChI is InChI=1S/C16H14N6O2S2/c1-9-18-13-4-3-11(26(23,24)22-16(8-17)5-6-16)7-12(13)14(19-9)15-21-20-10(2)25-15/h3-4,7,22H,5-6H2,1-2H3. The Morgan fingerprint density at radius 2 is 2.00 bits per heavy atom. The van der Waals surface area contributed by atoms with Crippen LogP contribution in [0.3, 0.4) is 0 Å². The van der Waals surface area contributed by atoms with Crippen molar-refractivity contribution in [2.75, 3.05) is 0 Å². The first kappa shape index (κ1) is 17.0. The Bertz CT molecular complexity index is 1180. The predicted molar refractivity (Wildman–Crippen MR) is 95.8 cm³/mol. The molecule has 0 amide bonds. The highest BCUT2D eigenvalue weighted by Crippen LogP contribution is 2.36. The summed E-state index contributed by atoms with van der Waals surface area (Å²) >= 11 is 1.38. The number of aryl methyl sites for hydroxylation is 2. The number of aromatic nitrogens is 4. The first-order valence-corrected chi connectivity index (χ1v) is 10.2. The molecule has 4 rings (SSSR count). The van der Waals surface area contributed by atoms with Crippen molar-refractivity contribution < 1.29 is 8.42 Å². The number of fused-ring (bicyclic) bond motifs is 1. The average molecular weight is 386 g/mol. The SMILES string of the molecule is Cc1nc(-c2nnc(C)s2)c2cc(S(=O)(=O)NC3(C#N)CC3)ccc2n1. The lowest BCUT2D eigenvalue weighted by Gasteiger charge is -2.11. The molecule has 1 aromatic carbocycles. The molecule has 0 aliphatic heterocycles. The minimum atomic E-state index is -3.82. The zero-order valence-electron chi connectivity index (χ0n) is 14.0. The summed E-state index contributed by atoms with van der Waals surface area (Å²) < 4.78 is 27.9. The van der Waals surface area contributed by atoms with Crippen LogP contribution in [0.4, 0.5) is 0 Å². The fourth-order valence-electron chi connectivity index (χ4n) is 2.62. The Balaban J connectivity index is 1.87. The summed E-state index contributed by atoms with van der Waals surface area (Å²) in [5, 5.41) is 19.3. The van der Waals surface area contributed by atoms with Crippen molar-refractivity contribution in [3.63, 3.8) is 0 Å². The van der Waals surface area contributed by atoms with Gasteiger partial charge in [0.05, 0.1) is 16.5 Å². The van der Waals surface area contributed by atoms with E-state index in [4.69, 9.17) is 5.26 Å². The first-order chi connectivity index (χ1) is 12.3. The minimum absolute atomic E-state index is 0.0708. The van der Waals surface area contributed by atoms with Gasteiger partial charge in [0.2, 0.25) is 10.0 Å². The summed E-state index contributed by atoms with van der Waals surface area (Å²) in [7, 11) is -3.82. The Morgan fingerprint density at radius 3 is 2.62 bits per heavy atom. The van der Waals surface area contributed by atoms with E-state index >= 15 is 0 Å². The maximum absolute atomic E-state index is 12.7. The summed E-state index contributed by atoms with van der Waals surface area (Å²) in [6.07, 6.45) is 1.04. The summed E-state index contributed by atoms with van der Waals surface area (Å²) in [4.78, 5) is 8.88. The highest BCUT2D eigenvalue weighted by molar-refractivity contribution is 7.89. The van der Waals surface area contributed by atoms with Crippen molar-refractivity contribution in [1.29, 1.82) is 5.26 Å². The molecule has 1 N–H and O–H groups in total. The van der Waals surface area contributed by atoms with Gasteiger partial charge in [-0.1, -0.05) is 11.3 Å². The van der Waals surface area contributed by atoms with Gasteiger partial charge in [0.25, 0.3) is 0 Å². The molecule has 3 aromatic rings. The monoisotopic (exact) mass is 386 g/mol.